The van der Waals surface area contributed by atoms with Gasteiger partial charge in [-0.15, -0.1) is 0 Å². The predicted molar refractivity (Wildman–Crippen MR) is 114 cm³/mol. The highest BCUT2D eigenvalue weighted by Crippen LogP contribution is 2.28. The zero-order chi connectivity index (χ0) is 20.9. The highest BCUT2D eigenvalue weighted by Gasteiger charge is 2.23. The van der Waals surface area contributed by atoms with E-state index in [1.165, 1.54) is 12.1 Å². The third-order valence-corrected chi connectivity index (χ3v) is 6.94. The number of hydrogen-bond acceptors (Lipinski definition) is 5. The van der Waals surface area contributed by atoms with E-state index in [0.29, 0.717) is 22.3 Å². The number of hydrogen-bond donors (Lipinski definition) is 2. The number of nitrogens with zero attached hydrogens (tertiary/aromatic N) is 1. The van der Waals surface area contributed by atoms with Crippen molar-refractivity contribution in [1.29, 1.82) is 0 Å². The van der Waals surface area contributed by atoms with E-state index in [4.69, 9.17) is 27.9 Å². The molecule has 3 rings (SSSR count). The third kappa shape index (κ3) is 6.57. The minimum atomic E-state index is -3.61. The minimum Gasteiger partial charge on any atom is -0.490 e. The molecule has 1 heterocycles. The molecule has 1 saturated heterocycles. The number of β-amino-alcohol motifs (C(OH)–C–C–N with tert-alkyl or cyclic N) is 1. The van der Waals surface area contributed by atoms with E-state index in [0.717, 1.165) is 25.9 Å². The van der Waals surface area contributed by atoms with Gasteiger partial charge in [0.2, 0.25) is 10.0 Å². The van der Waals surface area contributed by atoms with Gasteiger partial charge in [0.25, 0.3) is 0 Å². The van der Waals surface area contributed by atoms with Crippen LogP contribution in [-0.2, 0) is 10.0 Å². The van der Waals surface area contributed by atoms with Gasteiger partial charge >= 0.3 is 0 Å². The maximum absolute atomic E-state index is 12.2. The van der Waals surface area contributed by atoms with Crippen molar-refractivity contribution >= 4 is 33.2 Å². The Labute approximate surface area is 181 Å². The number of nitrogens with one attached hydrogen (secondary N) is 1. The van der Waals surface area contributed by atoms with E-state index >= 15 is 0 Å². The van der Waals surface area contributed by atoms with Crippen LogP contribution in [0.25, 0.3) is 0 Å². The van der Waals surface area contributed by atoms with Crippen molar-refractivity contribution in [3.05, 3.63) is 58.6 Å². The molecule has 0 radical (unpaired) electrons. The summed E-state index contributed by atoms with van der Waals surface area (Å²) >= 11 is 11.9. The van der Waals surface area contributed by atoms with E-state index < -0.39 is 16.1 Å². The first-order valence-electron chi connectivity index (χ1n) is 9.40. The smallest absolute Gasteiger partial charge is 0.240 e. The Bertz CT molecular complexity index is 904. The summed E-state index contributed by atoms with van der Waals surface area (Å²) in [6.45, 7) is 1.89. The van der Waals surface area contributed by atoms with Crippen molar-refractivity contribution in [3.8, 4) is 5.75 Å². The van der Waals surface area contributed by atoms with Gasteiger partial charge in [0.05, 0.1) is 21.0 Å². The SMILES string of the molecule is O=S(=O)(NC[C@@H](O)CN1CCC(Oc2ccc(Cl)c(Cl)c2)CC1)c1ccccc1. The standard InChI is InChI=1S/C20H24Cl2N2O4S/c21-19-7-6-17(12-20(19)22)28-16-8-10-24(11-9-16)14-15(25)13-23-29(26,27)18-4-2-1-3-5-18/h1-7,12,15-16,23,25H,8-11,13-14H2/t15-/m1/s1. The van der Waals surface area contributed by atoms with Gasteiger partial charge in [-0.1, -0.05) is 41.4 Å². The molecule has 0 amide bonds. The summed E-state index contributed by atoms with van der Waals surface area (Å²) in [5.74, 6) is 0.688. The zero-order valence-electron chi connectivity index (χ0n) is 15.8. The van der Waals surface area contributed by atoms with Crippen molar-refractivity contribution in [2.75, 3.05) is 26.2 Å². The first kappa shape index (κ1) is 22.3. The Balaban J connectivity index is 1.41. The summed E-state index contributed by atoms with van der Waals surface area (Å²) in [5.41, 5.74) is 0. The van der Waals surface area contributed by atoms with Crippen LogP contribution in [0.2, 0.25) is 10.0 Å². The molecule has 0 unspecified atom stereocenters. The van der Waals surface area contributed by atoms with Gasteiger partial charge in [0, 0.05) is 32.2 Å². The number of piperidine rings is 1. The fourth-order valence-corrected chi connectivity index (χ4v) is 4.59. The molecule has 1 fully saturated rings. The Morgan fingerprint density at radius 1 is 1.10 bits per heavy atom. The highest BCUT2D eigenvalue weighted by molar-refractivity contribution is 7.89. The summed E-state index contributed by atoms with van der Waals surface area (Å²) in [6.07, 6.45) is 0.893. The van der Waals surface area contributed by atoms with Crippen molar-refractivity contribution in [1.82, 2.24) is 9.62 Å². The second-order valence-electron chi connectivity index (χ2n) is 7.01. The van der Waals surface area contributed by atoms with Crippen molar-refractivity contribution < 1.29 is 18.3 Å². The molecule has 1 aliphatic rings. The largest absolute Gasteiger partial charge is 0.490 e. The summed E-state index contributed by atoms with van der Waals surface area (Å²) in [7, 11) is -3.61. The highest BCUT2D eigenvalue weighted by atomic mass is 35.5. The second-order valence-corrected chi connectivity index (χ2v) is 9.59. The van der Waals surface area contributed by atoms with Crippen LogP contribution in [0.5, 0.6) is 5.75 Å². The normalized spacial score (nSPS) is 17.2. The lowest BCUT2D eigenvalue weighted by atomic mass is 10.1. The molecule has 0 bridgehead atoms. The number of rotatable bonds is 8. The van der Waals surface area contributed by atoms with E-state index in [9.17, 15) is 13.5 Å². The van der Waals surface area contributed by atoms with Gasteiger partial charge in [-0.3, -0.25) is 0 Å². The fourth-order valence-electron chi connectivity index (χ4n) is 3.20. The van der Waals surface area contributed by atoms with Crippen LogP contribution in [0, 0.1) is 0 Å². The Hall–Kier alpha value is -1.35. The van der Waals surface area contributed by atoms with Gasteiger partial charge < -0.3 is 14.7 Å². The molecule has 29 heavy (non-hydrogen) atoms. The third-order valence-electron chi connectivity index (χ3n) is 4.76. The molecule has 6 nitrogen and oxygen atoms in total. The van der Waals surface area contributed by atoms with E-state index in [2.05, 4.69) is 9.62 Å². The molecule has 2 aromatic carbocycles. The van der Waals surface area contributed by atoms with Gasteiger partial charge in [-0.05, 0) is 37.1 Å². The van der Waals surface area contributed by atoms with Crippen LogP contribution in [-0.4, -0.2) is 56.8 Å². The lowest BCUT2D eigenvalue weighted by molar-refractivity contribution is 0.0630. The van der Waals surface area contributed by atoms with Crippen LogP contribution in [0.15, 0.2) is 53.4 Å². The average molecular weight is 459 g/mol. The summed E-state index contributed by atoms with van der Waals surface area (Å²) in [6, 6.07) is 13.3. The monoisotopic (exact) mass is 458 g/mol. The van der Waals surface area contributed by atoms with Crippen LogP contribution < -0.4 is 9.46 Å². The summed E-state index contributed by atoms with van der Waals surface area (Å²) < 4.78 is 32.9. The Kier molecular flexibility index (Phi) is 7.79. The maximum Gasteiger partial charge on any atom is 0.240 e. The first-order valence-corrected chi connectivity index (χ1v) is 11.6. The molecular formula is C20H24Cl2N2O4S. The van der Waals surface area contributed by atoms with E-state index in [1.807, 2.05) is 0 Å². The first-order chi connectivity index (χ1) is 13.8. The topological polar surface area (TPSA) is 78.9 Å². The van der Waals surface area contributed by atoms with E-state index in [1.54, 1.807) is 36.4 Å². The molecule has 0 aliphatic carbocycles. The number of aliphatic hydroxyl groups is 1. The van der Waals surface area contributed by atoms with Crippen LogP contribution in [0.1, 0.15) is 12.8 Å². The molecule has 2 N–H and O–H groups in total. The predicted octanol–water partition coefficient (Wildman–Crippen LogP) is 3.18. The summed E-state index contributed by atoms with van der Waals surface area (Å²) in [5, 5.41) is 11.2. The lowest BCUT2D eigenvalue weighted by Gasteiger charge is -2.33. The maximum atomic E-state index is 12.2. The number of benzene rings is 2. The molecule has 158 valence electrons. The lowest BCUT2D eigenvalue weighted by Crippen LogP contribution is -2.45. The summed E-state index contributed by atoms with van der Waals surface area (Å²) in [4.78, 5) is 2.29. The minimum absolute atomic E-state index is 0.0308. The van der Waals surface area contributed by atoms with Gasteiger partial charge in [0.1, 0.15) is 11.9 Å². The van der Waals surface area contributed by atoms with Gasteiger partial charge in [-0.2, -0.15) is 0 Å². The molecular weight excluding hydrogens is 435 g/mol. The Morgan fingerprint density at radius 3 is 2.45 bits per heavy atom. The number of halogens is 2. The number of aliphatic hydroxyl groups excluding tert-OH is 1. The molecule has 2 aromatic rings. The number of sulfonamides is 1. The van der Waals surface area contributed by atoms with Crippen LogP contribution in [0.3, 0.4) is 0 Å². The Morgan fingerprint density at radius 2 is 1.79 bits per heavy atom. The van der Waals surface area contributed by atoms with Gasteiger partial charge in [0.15, 0.2) is 0 Å². The van der Waals surface area contributed by atoms with Gasteiger partial charge in [-0.25, -0.2) is 13.1 Å². The van der Waals surface area contributed by atoms with Crippen molar-refractivity contribution in [3.63, 3.8) is 0 Å². The average Bonchev–Trinajstić information content (AvgIpc) is 2.71. The number of ether oxygens (including phenoxy) is 1. The molecule has 1 atom stereocenters. The van der Waals surface area contributed by atoms with Crippen molar-refractivity contribution in [2.24, 2.45) is 0 Å². The molecule has 0 aromatic heterocycles. The quantitative estimate of drug-likeness (QED) is 0.634. The molecule has 1 aliphatic heterocycles. The molecule has 0 spiro atoms. The molecule has 0 saturated carbocycles. The number of likely N-dealkylation sites (tertiary alicyclic amines) is 1. The van der Waals surface area contributed by atoms with Crippen LogP contribution >= 0.6 is 23.2 Å². The zero-order valence-corrected chi connectivity index (χ0v) is 18.1. The van der Waals surface area contributed by atoms with E-state index in [-0.39, 0.29) is 17.5 Å². The second kappa shape index (κ2) is 10.1. The van der Waals surface area contributed by atoms with Crippen LogP contribution in [0.4, 0.5) is 0 Å². The molecule has 9 heteroatoms. The fraction of sp³-hybridized carbons (Fsp3) is 0.400. The van der Waals surface area contributed by atoms with Crippen molar-refractivity contribution in [2.45, 2.75) is 29.9 Å².